The van der Waals surface area contributed by atoms with Crippen LogP contribution in [-0.4, -0.2) is 60.4 Å². The molecule has 0 radical (unpaired) electrons. The lowest BCUT2D eigenvalue weighted by atomic mass is 9.95. The third-order valence-electron chi connectivity index (χ3n) is 8.31. The number of anilines is 2. The maximum Gasteiger partial charge on any atom is 0.339 e. The van der Waals surface area contributed by atoms with Crippen molar-refractivity contribution in [3.05, 3.63) is 86.9 Å². The molecule has 10 heteroatoms. The number of nitrogens with zero attached hydrogens (tertiary/aromatic N) is 4. The van der Waals surface area contributed by atoms with Crippen LogP contribution in [0.4, 0.5) is 17.1 Å². The number of nitro groups is 1. The first kappa shape index (κ1) is 33.5. The highest BCUT2D eigenvalue weighted by Crippen LogP contribution is 2.38. The second kappa shape index (κ2) is 15.0. The number of likely N-dealkylation sites (N-methyl/N-ethyl adjacent to an activating group) is 1. The Bertz CT molecular complexity index is 1650. The number of nitrogens with one attached hydrogen (secondary N) is 2. The van der Waals surface area contributed by atoms with Crippen molar-refractivity contribution in [3.8, 4) is 0 Å². The Hall–Kier alpha value is -4.44. The number of hydrogen-bond acceptors (Lipinski definition) is 8. The summed E-state index contributed by atoms with van der Waals surface area (Å²) in [5.74, 6) is 0.131. The first-order chi connectivity index (χ1) is 21.6. The summed E-state index contributed by atoms with van der Waals surface area (Å²) in [5, 5.41) is 20.0. The van der Waals surface area contributed by atoms with Crippen LogP contribution < -0.4 is 10.6 Å². The summed E-state index contributed by atoms with van der Waals surface area (Å²) in [6.07, 6.45) is 9.27. The van der Waals surface area contributed by atoms with E-state index in [0.29, 0.717) is 41.4 Å². The van der Waals surface area contributed by atoms with E-state index in [0.717, 1.165) is 54.4 Å². The number of carbonyl (C=O) groups excluding carboxylic acids is 1. The number of benzene rings is 2. The zero-order chi connectivity index (χ0) is 32.7. The van der Waals surface area contributed by atoms with Crippen LogP contribution >= 0.6 is 0 Å². The van der Waals surface area contributed by atoms with Crippen LogP contribution in [0.15, 0.2) is 65.1 Å². The zero-order valence-corrected chi connectivity index (χ0v) is 27.6. The minimum absolute atomic E-state index is 0.0129. The monoisotopic (exact) mass is 614 g/mol. The SMILES string of the molecule is C\C=C(C(=O)OC)/C(=N\C(=C\CC)Nc1cc([N+](=O)[O-])c(NCCN(C)C)cc1C(C)CC)c1cn2c3c(cccc13)CCC2. The van der Waals surface area contributed by atoms with Gasteiger partial charge in [0.15, 0.2) is 0 Å². The molecule has 0 aliphatic carbocycles. The van der Waals surface area contributed by atoms with Gasteiger partial charge in [0.05, 0.1) is 34.5 Å². The van der Waals surface area contributed by atoms with E-state index in [1.54, 1.807) is 19.1 Å². The van der Waals surface area contributed by atoms with E-state index >= 15 is 0 Å². The van der Waals surface area contributed by atoms with E-state index in [1.807, 2.05) is 38.1 Å². The van der Waals surface area contributed by atoms with E-state index in [-0.39, 0.29) is 16.5 Å². The second-order valence-electron chi connectivity index (χ2n) is 11.7. The van der Waals surface area contributed by atoms with E-state index in [4.69, 9.17) is 9.73 Å². The number of carbonyl (C=O) groups is 1. The molecule has 1 aliphatic heterocycles. The summed E-state index contributed by atoms with van der Waals surface area (Å²) >= 11 is 0. The number of rotatable bonds is 14. The lowest BCUT2D eigenvalue weighted by Crippen LogP contribution is -2.21. The molecule has 2 aromatic carbocycles. The highest BCUT2D eigenvalue weighted by Gasteiger charge is 2.26. The number of para-hydroxylation sites is 1. The van der Waals surface area contributed by atoms with E-state index in [1.165, 1.54) is 12.7 Å². The number of allylic oxidation sites excluding steroid dienone is 2. The highest BCUT2D eigenvalue weighted by atomic mass is 16.6. The fourth-order valence-corrected chi connectivity index (χ4v) is 5.80. The average Bonchev–Trinajstić information content (AvgIpc) is 3.40. The Labute approximate surface area is 266 Å². The quantitative estimate of drug-likeness (QED) is 0.0646. The van der Waals surface area contributed by atoms with Crippen LogP contribution in [0, 0.1) is 10.1 Å². The largest absolute Gasteiger partial charge is 0.465 e. The summed E-state index contributed by atoms with van der Waals surface area (Å²) < 4.78 is 7.44. The maximum atomic E-state index is 13.1. The minimum atomic E-state index is -0.483. The predicted molar refractivity (Wildman–Crippen MR) is 183 cm³/mol. The summed E-state index contributed by atoms with van der Waals surface area (Å²) in [6, 6.07) is 9.75. The lowest BCUT2D eigenvalue weighted by molar-refractivity contribution is -0.383. The van der Waals surface area contributed by atoms with Gasteiger partial charge >= 0.3 is 5.97 Å². The summed E-state index contributed by atoms with van der Waals surface area (Å²) in [7, 11) is 5.30. The van der Waals surface area contributed by atoms with Gasteiger partial charge in [0.25, 0.3) is 5.69 Å². The highest BCUT2D eigenvalue weighted by molar-refractivity contribution is 6.30. The molecule has 240 valence electrons. The van der Waals surface area contributed by atoms with Crippen molar-refractivity contribution in [2.45, 2.75) is 65.8 Å². The predicted octanol–water partition coefficient (Wildman–Crippen LogP) is 7.25. The fraction of sp³-hybridized carbons (Fsp3) is 0.429. The third kappa shape index (κ3) is 7.45. The Kier molecular flexibility index (Phi) is 11.2. The number of methoxy groups -OCH3 is 1. The van der Waals surface area contributed by atoms with Crippen molar-refractivity contribution in [2.75, 3.05) is 44.9 Å². The number of hydrogen-bond donors (Lipinski definition) is 2. The molecule has 0 bridgehead atoms. The molecular formula is C35H46N6O4. The van der Waals surface area contributed by atoms with E-state index < -0.39 is 5.97 Å². The van der Waals surface area contributed by atoms with Gasteiger partial charge in [-0.15, -0.1) is 0 Å². The summed E-state index contributed by atoms with van der Waals surface area (Å²) in [5.41, 5.74) is 6.14. The molecule has 2 N–H and O–H groups in total. The van der Waals surface area contributed by atoms with Crippen molar-refractivity contribution >= 4 is 39.6 Å². The first-order valence-corrected chi connectivity index (χ1v) is 15.8. The molecule has 0 spiro atoms. The molecule has 1 aliphatic rings. The molecule has 1 atom stereocenters. The maximum absolute atomic E-state index is 13.1. The first-order valence-electron chi connectivity index (χ1n) is 15.8. The summed E-state index contributed by atoms with van der Waals surface area (Å²) in [4.78, 5) is 32.1. The molecule has 3 aromatic rings. The van der Waals surface area contributed by atoms with Crippen molar-refractivity contribution < 1.29 is 14.5 Å². The van der Waals surface area contributed by atoms with Gasteiger partial charge in [-0.25, -0.2) is 9.79 Å². The number of aliphatic imine (C=N–C) groups is 1. The van der Waals surface area contributed by atoms with E-state index in [9.17, 15) is 14.9 Å². The number of nitro benzene ring substituents is 1. The van der Waals surface area contributed by atoms with Gasteiger partial charge in [0, 0.05) is 42.8 Å². The zero-order valence-electron chi connectivity index (χ0n) is 27.6. The lowest BCUT2D eigenvalue weighted by Gasteiger charge is -2.20. The standard InChI is InChI=1S/C35H46N6O4/c1-8-13-32(37-29-21-31(41(43)44)30(36-17-19-39(5)6)20-27(29)23(4)9-2)38-33(25(10-3)35(42)45-7)28-22-40-18-12-15-24-14-11-16-26(28)34(24)40/h10-11,13-14,16,20-23,36-37H,8-9,12,15,17-19H2,1-7H3/b25-10+,32-13+,38-33+. The average molecular weight is 615 g/mol. The van der Waals surface area contributed by atoms with Gasteiger partial charge in [-0.1, -0.05) is 45.0 Å². The third-order valence-corrected chi connectivity index (χ3v) is 8.31. The Morgan fingerprint density at radius 1 is 1.24 bits per heavy atom. The van der Waals surface area contributed by atoms with Gasteiger partial charge in [-0.3, -0.25) is 10.1 Å². The fourth-order valence-electron chi connectivity index (χ4n) is 5.80. The Morgan fingerprint density at radius 3 is 2.67 bits per heavy atom. The van der Waals surface area contributed by atoms with Crippen LogP contribution in [0.1, 0.15) is 69.6 Å². The smallest absolute Gasteiger partial charge is 0.339 e. The van der Waals surface area contributed by atoms with E-state index in [2.05, 4.69) is 53.4 Å². The van der Waals surface area contributed by atoms with Crippen LogP contribution in [0.2, 0.25) is 0 Å². The van der Waals surface area contributed by atoms with Crippen molar-refractivity contribution in [2.24, 2.45) is 4.99 Å². The topological polar surface area (TPSA) is 114 Å². The number of aryl methyl sites for hydroxylation is 2. The van der Waals surface area contributed by atoms with Gasteiger partial charge in [-0.2, -0.15) is 0 Å². The van der Waals surface area contributed by atoms with Crippen LogP contribution in [-0.2, 0) is 22.5 Å². The molecular weight excluding hydrogens is 568 g/mol. The Morgan fingerprint density at radius 2 is 2.02 bits per heavy atom. The molecule has 0 fully saturated rings. The van der Waals surface area contributed by atoms with Crippen LogP contribution in [0.5, 0.6) is 0 Å². The number of esters is 1. The molecule has 0 saturated heterocycles. The Balaban J connectivity index is 1.88. The molecule has 4 rings (SSSR count). The number of aromatic nitrogens is 1. The summed E-state index contributed by atoms with van der Waals surface area (Å²) in [6.45, 7) is 10.2. The second-order valence-corrected chi connectivity index (χ2v) is 11.7. The van der Waals surface area contributed by atoms with Crippen LogP contribution in [0.3, 0.4) is 0 Å². The number of ether oxygens (including phenoxy) is 1. The van der Waals surface area contributed by atoms with Crippen molar-refractivity contribution in [1.29, 1.82) is 0 Å². The van der Waals surface area contributed by atoms with Crippen molar-refractivity contribution in [3.63, 3.8) is 0 Å². The molecule has 0 saturated carbocycles. The van der Waals surface area contributed by atoms with Gasteiger partial charge in [0.2, 0.25) is 0 Å². The van der Waals surface area contributed by atoms with Gasteiger partial charge < -0.3 is 24.8 Å². The van der Waals surface area contributed by atoms with Gasteiger partial charge in [0.1, 0.15) is 11.5 Å². The molecule has 0 amide bonds. The van der Waals surface area contributed by atoms with Crippen molar-refractivity contribution in [1.82, 2.24) is 9.47 Å². The van der Waals surface area contributed by atoms with Crippen LogP contribution in [0.25, 0.3) is 10.9 Å². The molecule has 1 aromatic heterocycles. The minimum Gasteiger partial charge on any atom is -0.465 e. The molecule has 10 nitrogen and oxygen atoms in total. The normalized spacial score (nSPS) is 14.5. The molecule has 45 heavy (non-hydrogen) atoms. The molecule has 1 unspecified atom stereocenters. The van der Waals surface area contributed by atoms with Gasteiger partial charge in [-0.05, 0) is 75.9 Å². The molecule has 2 heterocycles.